The smallest absolute Gasteiger partial charge is 0.396 e. The van der Waals surface area contributed by atoms with E-state index in [4.69, 9.17) is 11.5 Å². The number of amides is 1. The van der Waals surface area contributed by atoms with Crippen molar-refractivity contribution in [3.8, 4) is 0 Å². The molecule has 1 amide bonds. The first-order valence-corrected chi connectivity index (χ1v) is 12.4. The lowest BCUT2D eigenvalue weighted by Crippen LogP contribution is -2.39. The number of anilines is 2. The number of nitrogens with zero attached hydrogens (tertiary/aromatic N) is 3. The Bertz CT molecular complexity index is 1240. The van der Waals surface area contributed by atoms with Crippen molar-refractivity contribution in [2.24, 2.45) is 5.73 Å². The number of hydrogen-bond donors (Lipinski definition) is 3. The third-order valence-corrected chi connectivity index (χ3v) is 8.33. The molecule has 182 valence electrons. The molecule has 3 unspecified atom stereocenters. The Labute approximate surface area is 201 Å². The Kier molecular flexibility index (Phi) is 5.91. The van der Waals surface area contributed by atoms with E-state index in [0.29, 0.717) is 35.6 Å². The number of pyridine rings is 1. The Balaban J connectivity index is 1.24. The zero-order valence-electron chi connectivity index (χ0n) is 18.2. The molecule has 0 radical (unpaired) electrons. The second kappa shape index (κ2) is 8.63. The summed E-state index contributed by atoms with van der Waals surface area (Å²) < 4.78 is 42.8. The van der Waals surface area contributed by atoms with Gasteiger partial charge in [0.05, 0.1) is 21.4 Å². The maximum Gasteiger partial charge on any atom is 0.522 e. The van der Waals surface area contributed by atoms with Crippen LogP contribution < -0.4 is 21.7 Å². The van der Waals surface area contributed by atoms with E-state index in [2.05, 4.69) is 20.0 Å². The van der Waals surface area contributed by atoms with Crippen LogP contribution in [0.3, 0.4) is 0 Å². The van der Waals surface area contributed by atoms with Crippen molar-refractivity contribution in [3.05, 3.63) is 33.3 Å². The fraction of sp³-hybridized carbons (Fsp3) is 0.476. The highest BCUT2D eigenvalue weighted by Crippen LogP contribution is 2.37. The number of carbonyl (C=O) groups excluding carboxylic acids is 1. The van der Waals surface area contributed by atoms with E-state index in [9.17, 15) is 18.0 Å². The average Bonchev–Trinajstić information content (AvgIpc) is 3.40. The topological polar surface area (TPSA) is 119 Å². The van der Waals surface area contributed by atoms with Gasteiger partial charge >= 0.3 is 6.36 Å². The van der Waals surface area contributed by atoms with Gasteiger partial charge in [-0.05, 0) is 37.8 Å². The second-order valence-corrected chi connectivity index (χ2v) is 10.8. The van der Waals surface area contributed by atoms with Gasteiger partial charge in [0.25, 0.3) is 5.91 Å². The molecule has 0 spiro atoms. The molecule has 1 aliphatic carbocycles. The molecule has 3 atom stereocenters. The molecule has 34 heavy (non-hydrogen) atoms. The van der Waals surface area contributed by atoms with Gasteiger partial charge in [-0.2, -0.15) is 0 Å². The van der Waals surface area contributed by atoms with Gasteiger partial charge in [0, 0.05) is 24.8 Å². The number of thiazole rings is 1. The molecule has 5 rings (SSSR count). The number of fused-ring (bicyclic) bond motifs is 2. The largest absolute Gasteiger partial charge is 0.522 e. The number of aryl methyl sites for hydroxylation is 2. The van der Waals surface area contributed by atoms with Gasteiger partial charge < -0.3 is 21.7 Å². The maximum absolute atomic E-state index is 12.9. The monoisotopic (exact) mass is 512 g/mol. The number of aromatic nitrogens is 2. The lowest BCUT2D eigenvalue weighted by molar-refractivity contribution is -0.341. The third-order valence-electron chi connectivity index (χ3n) is 6.10. The van der Waals surface area contributed by atoms with Crippen molar-refractivity contribution < 1.29 is 22.7 Å². The van der Waals surface area contributed by atoms with Gasteiger partial charge in [-0.3, -0.25) is 9.53 Å². The van der Waals surface area contributed by atoms with Gasteiger partial charge in [-0.15, -0.1) is 35.8 Å². The van der Waals surface area contributed by atoms with E-state index >= 15 is 0 Å². The molecular formula is C21H23F3N6O2S2. The number of thiophene rings is 1. The minimum atomic E-state index is -4.72. The first-order valence-electron chi connectivity index (χ1n) is 10.8. The minimum Gasteiger partial charge on any atom is -0.396 e. The second-order valence-electron chi connectivity index (χ2n) is 8.57. The number of ether oxygens (including phenoxy) is 1. The lowest BCUT2D eigenvalue weighted by atomic mass is 9.91. The van der Waals surface area contributed by atoms with Gasteiger partial charge in [-0.1, -0.05) is 6.07 Å². The highest BCUT2D eigenvalue weighted by Gasteiger charge is 2.41. The molecule has 1 aliphatic heterocycles. The number of nitrogens with one attached hydrogen (secondary N) is 1. The zero-order chi connectivity index (χ0) is 24.2. The number of halogens is 3. The number of nitrogens with two attached hydrogens (primary N) is 2. The van der Waals surface area contributed by atoms with Crippen LogP contribution in [-0.2, 0) is 17.6 Å². The van der Waals surface area contributed by atoms with E-state index < -0.39 is 18.5 Å². The van der Waals surface area contributed by atoms with E-state index in [1.807, 2.05) is 13.0 Å². The summed E-state index contributed by atoms with van der Waals surface area (Å²) in [6.45, 7) is 2.17. The number of alkyl halides is 3. The van der Waals surface area contributed by atoms with Crippen LogP contribution in [0, 0.1) is 6.92 Å². The molecule has 3 aromatic heterocycles. The molecule has 0 aromatic carbocycles. The molecule has 13 heteroatoms. The van der Waals surface area contributed by atoms with Crippen molar-refractivity contribution in [2.45, 2.75) is 50.7 Å². The van der Waals surface area contributed by atoms with Crippen LogP contribution in [0.2, 0.25) is 0 Å². The van der Waals surface area contributed by atoms with Crippen molar-refractivity contribution in [1.29, 1.82) is 0 Å². The first-order chi connectivity index (χ1) is 16.1. The predicted octanol–water partition coefficient (Wildman–Crippen LogP) is 2.98. The normalized spacial score (nSPS) is 22.9. The number of carbonyl (C=O) groups is 1. The van der Waals surface area contributed by atoms with Crippen LogP contribution in [0.25, 0.3) is 9.53 Å². The van der Waals surface area contributed by atoms with Gasteiger partial charge in [0.2, 0.25) is 0 Å². The average molecular weight is 513 g/mol. The highest BCUT2D eigenvalue weighted by atomic mass is 32.1. The third kappa shape index (κ3) is 4.57. The van der Waals surface area contributed by atoms with E-state index in [1.54, 1.807) is 11.0 Å². The fourth-order valence-corrected chi connectivity index (χ4v) is 6.59. The molecule has 1 saturated heterocycles. The summed E-state index contributed by atoms with van der Waals surface area (Å²) in [6, 6.07) is 2.89. The quantitative estimate of drug-likeness (QED) is 0.492. The van der Waals surface area contributed by atoms with Crippen LogP contribution >= 0.6 is 22.7 Å². The molecule has 5 N–H and O–H groups in total. The van der Waals surface area contributed by atoms with Crippen molar-refractivity contribution >= 4 is 49.6 Å². The van der Waals surface area contributed by atoms with E-state index in [-0.39, 0.29) is 25.0 Å². The van der Waals surface area contributed by atoms with Gasteiger partial charge in [-0.25, -0.2) is 9.97 Å². The van der Waals surface area contributed by atoms with Crippen LogP contribution in [0.5, 0.6) is 0 Å². The van der Waals surface area contributed by atoms with Crippen LogP contribution in [-0.4, -0.2) is 53.5 Å². The predicted molar refractivity (Wildman–Crippen MR) is 125 cm³/mol. The Morgan fingerprint density at radius 3 is 2.79 bits per heavy atom. The van der Waals surface area contributed by atoms with Gasteiger partial charge in [0.15, 0.2) is 0 Å². The Morgan fingerprint density at radius 2 is 2.06 bits per heavy atom. The molecule has 2 aliphatic rings. The summed E-state index contributed by atoms with van der Waals surface area (Å²) in [5.41, 5.74) is 14.4. The van der Waals surface area contributed by atoms with Crippen LogP contribution in [0.4, 0.5) is 24.7 Å². The first kappa shape index (κ1) is 23.3. The van der Waals surface area contributed by atoms with Gasteiger partial charge in [0.1, 0.15) is 21.6 Å². The Morgan fingerprint density at radius 1 is 1.26 bits per heavy atom. The summed E-state index contributed by atoms with van der Waals surface area (Å²) in [5.74, 6) is 0.379. The standard InChI is InChI=1S/C21H23F3N6O2S2/c1-9-27-20-18(33-9)16(26)17(34-20)19(31)28-11-3-4-13-10(6-11)2-5-15(29-13)30-7-12(25)14(8-30)32-21(22,23)24/h2,5,11-12,14H,3-4,6-8,25-26H2,1H3,(H,28,31). The summed E-state index contributed by atoms with van der Waals surface area (Å²) in [4.78, 5) is 24.9. The summed E-state index contributed by atoms with van der Waals surface area (Å²) in [5, 5.41) is 3.99. The molecular weight excluding hydrogens is 489 g/mol. The fourth-order valence-electron chi connectivity index (χ4n) is 4.50. The highest BCUT2D eigenvalue weighted by molar-refractivity contribution is 7.29. The van der Waals surface area contributed by atoms with Crippen molar-refractivity contribution in [1.82, 2.24) is 15.3 Å². The van der Waals surface area contributed by atoms with Crippen molar-refractivity contribution in [3.63, 3.8) is 0 Å². The summed E-state index contributed by atoms with van der Waals surface area (Å²) >= 11 is 2.78. The van der Waals surface area contributed by atoms with Crippen LogP contribution in [0.1, 0.15) is 32.4 Å². The lowest BCUT2D eigenvalue weighted by Gasteiger charge is -2.26. The maximum atomic E-state index is 12.9. The van der Waals surface area contributed by atoms with Crippen LogP contribution in [0.15, 0.2) is 12.1 Å². The number of hydrogen-bond acceptors (Lipinski definition) is 9. The summed E-state index contributed by atoms with van der Waals surface area (Å²) in [6.07, 6.45) is -3.89. The number of rotatable bonds is 4. The molecule has 3 aromatic rings. The SMILES string of the molecule is Cc1nc2sc(C(=O)NC3CCc4nc(N5CC(N)C(OC(F)(F)F)C5)ccc4C3)c(N)c2s1. The van der Waals surface area contributed by atoms with Crippen molar-refractivity contribution in [2.75, 3.05) is 23.7 Å². The number of nitrogen functional groups attached to an aromatic ring is 1. The molecule has 0 bridgehead atoms. The van der Waals surface area contributed by atoms with E-state index in [1.165, 1.54) is 22.7 Å². The molecule has 0 saturated carbocycles. The minimum absolute atomic E-state index is 0.0270. The Hall–Kier alpha value is -2.48. The molecule has 8 nitrogen and oxygen atoms in total. The van der Waals surface area contributed by atoms with E-state index in [0.717, 1.165) is 25.8 Å². The molecule has 4 heterocycles. The zero-order valence-corrected chi connectivity index (χ0v) is 19.8. The summed E-state index contributed by atoms with van der Waals surface area (Å²) in [7, 11) is 0. The molecule has 1 fully saturated rings.